The Morgan fingerprint density at radius 3 is 2.22 bits per heavy atom. The molecule has 0 atom stereocenters. The van der Waals surface area contributed by atoms with Gasteiger partial charge in [-0.15, -0.1) is 0 Å². The Labute approximate surface area is 175 Å². The zero-order chi connectivity index (χ0) is 20.2. The largest absolute Gasteiger partial charge is 0.355 e. The van der Waals surface area contributed by atoms with Crippen LogP contribution in [0, 0.1) is 13.8 Å². The molecule has 0 unspecified atom stereocenters. The van der Waals surface area contributed by atoms with Crippen molar-refractivity contribution in [3.8, 4) is 0 Å². The molecule has 146 valence electrons. The van der Waals surface area contributed by atoms with Crippen molar-refractivity contribution < 1.29 is 4.79 Å². The van der Waals surface area contributed by atoms with E-state index in [-0.39, 0.29) is 11.3 Å². The fourth-order valence-corrected chi connectivity index (χ4v) is 4.41. The van der Waals surface area contributed by atoms with E-state index < -0.39 is 0 Å². The van der Waals surface area contributed by atoms with Crippen molar-refractivity contribution >= 4 is 40.9 Å². The highest BCUT2D eigenvalue weighted by molar-refractivity contribution is 7.98. The quantitative estimate of drug-likeness (QED) is 0.492. The number of rotatable bonds is 7. The first kappa shape index (κ1) is 22.0. The summed E-state index contributed by atoms with van der Waals surface area (Å²) in [5.74, 6) is -0.0148. The molecular formula is C20H25Cl2N3OS. The van der Waals surface area contributed by atoms with Crippen LogP contribution in [-0.4, -0.2) is 28.7 Å². The highest BCUT2D eigenvalue weighted by Gasteiger charge is 2.26. The van der Waals surface area contributed by atoms with E-state index in [0.29, 0.717) is 29.4 Å². The Hall–Kier alpha value is -1.30. The van der Waals surface area contributed by atoms with Crippen LogP contribution < -0.4 is 5.32 Å². The lowest BCUT2D eigenvalue weighted by molar-refractivity contribution is -0.121. The normalized spacial score (nSPS) is 11.5. The van der Waals surface area contributed by atoms with Crippen molar-refractivity contribution in [2.75, 3.05) is 12.8 Å². The predicted molar refractivity (Wildman–Crippen MR) is 114 cm³/mol. The van der Waals surface area contributed by atoms with Crippen molar-refractivity contribution in [1.82, 2.24) is 15.3 Å². The van der Waals surface area contributed by atoms with E-state index in [1.165, 1.54) is 11.8 Å². The summed E-state index contributed by atoms with van der Waals surface area (Å²) in [5, 5.41) is 4.99. The average Bonchev–Trinajstić information content (AvgIpc) is 2.58. The van der Waals surface area contributed by atoms with Crippen molar-refractivity contribution in [1.29, 1.82) is 0 Å². The number of nitrogens with zero attached hydrogens (tertiary/aromatic N) is 2. The molecule has 27 heavy (non-hydrogen) atoms. The van der Waals surface area contributed by atoms with Crippen LogP contribution in [0.2, 0.25) is 10.0 Å². The maximum atomic E-state index is 12.4. The Bertz CT molecular complexity index is 797. The van der Waals surface area contributed by atoms with E-state index in [4.69, 9.17) is 23.2 Å². The molecule has 1 aromatic heterocycles. The molecule has 2 aromatic rings. The van der Waals surface area contributed by atoms with Gasteiger partial charge in [-0.25, -0.2) is 9.97 Å². The van der Waals surface area contributed by atoms with Crippen molar-refractivity contribution in [2.45, 2.75) is 51.1 Å². The summed E-state index contributed by atoms with van der Waals surface area (Å²) in [6.45, 7) is 8.41. The van der Waals surface area contributed by atoms with Crippen LogP contribution in [0.15, 0.2) is 23.4 Å². The minimum absolute atomic E-state index is 0.0148. The number of carbonyl (C=O) groups excluding carboxylic acids is 1. The lowest BCUT2D eigenvalue weighted by atomic mass is 9.84. The monoisotopic (exact) mass is 425 g/mol. The van der Waals surface area contributed by atoms with Crippen molar-refractivity contribution in [3.05, 3.63) is 50.8 Å². The zero-order valence-corrected chi connectivity index (χ0v) is 18.6. The Kier molecular flexibility index (Phi) is 7.55. The van der Waals surface area contributed by atoms with E-state index in [1.54, 1.807) is 0 Å². The van der Waals surface area contributed by atoms with Gasteiger partial charge in [-0.05, 0) is 49.8 Å². The van der Waals surface area contributed by atoms with Crippen LogP contribution in [-0.2, 0) is 16.6 Å². The minimum atomic E-state index is -0.375. The second kappa shape index (κ2) is 9.26. The summed E-state index contributed by atoms with van der Waals surface area (Å²) in [6, 6.07) is 5.45. The molecule has 0 spiro atoms. The lowest BCUT2D eigenvalue weighted by Gasteiger charge is -2.27. The molecule has 1 heterocycles. The van der Waals surface area contributed by atoms with E-state index in [9.17, 15) is 4.79 Å². The summed E-state index contributed by atoms with van der Waals surface area (Å²) in [7, 11) is 0. The number of hydrogen-bond donors (Lipinski definition) is 1. The Balaban J connectivity index is 1.99. The van der Waals surface area contributed by atoms with Gasteiger partial charge in [0.05, 0.1) is 0 Å². The van der Waals surface area contributed by atoms with E-state index in [1.807, 2.05) is 52.1 Å². The van der Waals surface area contributed by atoms with E-state index in [0.717, 1.165) is 27.7 Å². The third-order valence-corrected chi connectivity index (χ3v) is 5.73. The molecule has 0 radical (unpaired) electrons. The average molecular weight is 426 g/mol. The number of amides is 1. The van der Waals surface area contributed by atoms with Gasteiger partial charge >= 0.3 is 0 Å². The van der Waals surface area contributed by atoms with Gasteiger partial charge in [0.15, 0.2) is 5.16 Å². The maximum absolute atomic E-state index is 12.4. The number of hydrogen-bond acceptors (Lipinski definition) is 4. The van der Waals surface area contributed by atoms with Crippen LogP contribution in [0.5, 0.6) is 0 Å². The molecular weight excluding hydrogens is 401 g/mol. The highest BCUT2D eigenvalue weighted by Crippen LogP contribution is 2.35. The third kappa shape index (κ3) is 5.59. The number of aryl methyl sites for hydroxylation is 2. The molecule has 2 rings (SSSR count). The molecule has 0 bridgehead atoms. The van der Waals surface area contributed by atoms with Crippen LogP contribution in [0.25, 0.3) is 0 Å². The van der Waals surface area contributed by atoms with Crippen LogP contribution in [0.4, 0.5) is 0 Å². The van der Waals surface area contributed by atoms with Gasteiger partial charge in [-0.3, -0.25) is 4.79 Å². The Morgan fingerprint density at radius 2 is 1.70 bits per heavy atom. The summed E-state index contributed by atoms with van der Waals surface area (Å²) < 4.78 is 0. The fraction of sp³-hybridized carbons (Fsp3) is 0.450. The number of thioether (sulfide) groups is 1. The first-order valence-electron chi connectivity index (χ1n) is 8.75. The number of aromatic nitrogens is 2. The summed E-state index contributed by atoms with van der Waals surface area (Å²) in [5.41, 5.74) is 3.38. The number of benzene rings is 1. The summed E-state index contributed by atoms with van der Waals surface area (Å²) in [6.07, 6.45) is 2.95. The molecule has 1 N–H and O–H groups in total. The van der Waals surface area contributed by atoms with Gasteiger partial charge in [0, 0.05) is 39.8 Å². The maximum Gasteiger partial charge on any atom is 0.220 e. The molecule has 0 saturated heterocycles. The van der Waals surface area contributed by atoms with Crippen LogP contribution in [0.1, 0.15) is 42.8 Å². The van der Waals surface area contributed by atoms with Gasteiger partial charge in [0.2, 0.25) is 5.91 Å². The molecule has 0 fully saturated rings. The lowest BCUT2D eigenvalue weighted by Crippen LogP contribution is -2.37. The van der Waals surface area contributed by atoms with Gasteiger partial charge < -0.3 is 5.32 Å². The molecule has 0 aliphatic rings. The summed E-state index contributed by atoms with van der Waals surface area (Å²) in [4.78, 5) is 21.3. The van der Waals surface area contributed by atoms with Gasteiger partial charge in [-0.1, -0.05) is 54.9 Å². The van der Waals surface area contributed by atoms with E-state index >= 15 is 0 Å². The topological polar surface area (TPSA) is 54.9 Å². The highest BCUT2D eigenvalue weighted by atomic mass is 35.5. The first-order valence-corrected chi connectivity index (χ1v) is 10.7. The number of nitrogens with one attached hydrogen (secondary N) is 1. The van der Waals surface area contributed by atoms with Crippen LogP contribution in [0.3, 0.4) is 0 Å². The van der Waals surface area contributed by atoms with Crippen LogP contribution >= 0.6 is 35.0 Å². The molecule has 0 saturated carbocycles. The number of halogens is 2. The third-order valence-electron chi connectivity index (χ3n) is 4.55. The van der Waals surface area contributed by atoms with Crippen molar-refractivity contribution in [3.63, 3.8) is 0 Å². The van der Waals surface area contributed by atoms with Gasteiger partial charge in [0.25, 0.3) is 0 Å². The zero-order valence-electron chi connectivity index (χ0n) is 16.3. The molecule has 1 aromatic carbocycles. The second-order valence-electron chi connectivity index (χ2n) is 7.12. The minimum Gasteiger partial charge on any atom is -0.355 e. The fourth-order valence-electron chi connectivity index (χ4n) is 3.04. The molecule has 7 heteroatoms. The molecule has 0 aliphatic carbocycles. The molecule has 4 nitrogen and oxygen atoms in total. The van der Waals surface area contributed by atoms with E-state index in [2.05, 4.69) is 15.3 Å². The standard InChI is InChI=1S/C20H25Cl2N3OS/c1-12-14(13(2)25-19(24-12)27-5)9-10-17(26)23-11-20(3,4)18-15(21)7-6-8-16(18)22/h6-8H,9-11H2,1-5H3,(H,23,26). The van der Waals surface area contributed by atoms with Crippen molar-refractivity contribution in [2.24, 2.45) is 0 Å². The van der Waals surface area contributed by atoms with Gasteiger partial charge in [-0.2, -0.15) is 0 Å². The summed E-state index contributed by atoms with van der Waals surface area (Å²) >= 11 is 14.2. The smallest absolute Gasteiger partial charge is 0.220 e. The Morgan fingerprint density at radius 1 is 1.15 bits per heavy atom. The van der Waals surface area contributed by atoms with Gasteiger partial charge in [0.1, 0.15) is 0 Å². The molecule has 1 amide bonds. The second-order valence-corrected chi connectivity index (χ2v) is 8.70. The molecule has 0 aliphatic heterocycles. The first-order chi connectivity index (χ1) is 12.7. The SMILES string of the molecule is CSc1nc(C)c(CCC(=O)NCC(C)(C)c2c(Cl)cccc2Cl)c(C)n1. The predicted octanol–water partition coefficient (Wildman–Crippen LogP) is 5.15. The number of carbonyl (C=O) groups is 1.